The predicted octanol–water partition coefficient (Wildman–Crippen LogP) is 0.350. The van der Waals surface area contributed by atoms with E-state index < -0.39 is 29.7 Å². The number of hydroxylamine groups is 2. The molecule has 0 bridgehead atoms. The van der Waals surface area contributed by atoms with Gasteiger partial charge in [-0.05, 0) is 12.2 Å². The average Bonchev–Trinajstić information content (AvgIpc) is 2.95. The number of ether oxygens (including phenoxy) is 2. The van der Waals surface area contributed by atoms with Gasteiger partial charge in [-0.1, -0.05) is 0 Å². The minimum absolute atomic E-state index is 0.0339. The predicted molar refractivity (Wildman–Crippen MR) is 111 cm³/mol. The standard InChI is InChI=1S/C18H23F2N5O5S/c1-28-17(31)22-9-12-10-24(18(27)30-12)11-6-13(19)16(14(20)7-11)23-2-3-25(15(26)8-21)29-5-4-23/h6-7,12H,2-5,8-10,21H2,1H3,(H,22,31)/t12-/m0/s1. The molecular formula is C18H23F2N5O5S. The molecular weight excluding hydrogens is 436 g/mol. The first kappa shape index (κ1) is 22.9. The number of carbonyl (C=O) groups excluding carboxylic acids is 2. The molecule has 0 unspecified atom stereocenters. The highest BCUT2D eigenvalue weighted by Gasteiger charge is 2.34. The Bertz CT molecular complexity index is 838. The molecule has 0 radical (unpaired) electrons. The molecule has 31 heavy (non-hydrogen) atoms. The molecule has 0 aromatic heterocycles. The molecule has 13 heteroatoms. The van der Waals surface area contributed by atoms with Crippen molar-refractivity contribution in [3.05, 3.63) is 23.8 Å². The van der Waals surface area contributed by atoms with Gasteiger partial charge >= 0.3 is 6.09 Å². The number of thiocarbonyl (C=S) groups is 1. The third-order valence-corrected chi connectivity index (χ3v) is 5.11. The second-order valence-corrected chi connectivity index (χ2v) is 7.14. The third-order valence-electron chi connectivity index (χ3n) is 4.80. The summed E-state index contributed by atoms with van der Waals surface area (Å²) >= 11 is 4.86. The highest BCUT2D eigenvalue weighted by molar-refractivity contribution is 7.80. The van der Waals surface area contributed by atoms with E-state index in [1.54, 1.807) is 0 Å². The van der Waals surface area contributed by atoms with Crippen molar-refractivity contribution in [1.82, 2.24) is 10.4 Å². The maximum atomic E-state index is 14.9. The van der Waals surface area contributed by atoms with Crippen molar-refractivity contribution < 1.29 is 32.7 Å². The lowest BCUT2D eigenvalue weighted by molar-refractivity contribution is -0.180. The lowest BCUT2D eigenvalue weighted by Crippen LogP contribution is -2.38. The normalized spacial score (nSPS) is 19.2. The quantitative estimate of drug-likeness (QED) is 0.603. The van der Waals surface area contributed by atoms with Crippen molar-refractivity contribution >= 4 is 40.8 Å². The van der Waals surface area contributed by atoms with Gasteiger partial charge in [-0.3, -0.25) is 14.5 Å². The van der Waals surface area contributed by atoms with Gasteiger partial charge in [-0.25, -0.2) is 18.6 Å². The molecule has 0 saturated carbocycles. The minimum atomic E-state index is -0.844. The number of hydrogen-bond donors (Lipinski definition) is 2. The number of rotatable bonds is 5. The van der Waals surface area contributed by atoms with Crippen molar-refractivity contribution in [1.29, 1.82) is 0 Å². The average molecular weight is 459 g/mol. The van der Waals surface area contributed by atoms with Gasteiger partial charge in [-0.15, -0.1) is 0 Å². The second-order valence-electron chi connectivity index (χ2n) is 6.77. The molecule has 2 heterocycles. The molecule has 0 spiro atoms. The number of nitrogens with one attached hydrogen (secondary N) is 1. The summed E-state index contributed by atoms with van der Waals surface area (Å²) in [6, 6.07) is 2.15. The van der Waals surface area contributed by atoms with E-state index in [4.69, 9.17) is 32.3 Å². The van der Waals surface area contributed by atoms with Crippen LogP contribution in [0.1, 0.15) is 0 Å². The van der Waals surface area contributed by atoms with E-state index >= 15 is 0 Å². The van der Waals surface area contributed by atoms with Gasteiger partial charge in [0.2, 0.25) is 0 Å². The summed E-state index contributed by atoms with van der Waals surface area (Å²) in [7, 11) is 1.40. The first-order chi connectivity index (χ1) is 14.8. The Morgan fingerprint density at radius 2 is 2.03 bits per heavy atom. The largest absolute Gasteiger partial charge is 0.474 e. The van der Waals surface area contributed by atoms with Crippen LogP contribution < -0.4 is 20.9 Å². The Labute approximate surface area is 182 Å². The van der Waals surface area contributed by atoms with Crippen LogP contribution in [0, 0.1) is 11.6 Å². The summed E-state index contributed by atoms with van der Waals surface area (Å²) in [6.45, 7) is 0.541. The molecule has 2 saturated heterocycles. The van der Waals surface area contributed by atoms with Crippen molar-refractivity contribution in [3.63, 3.8) is 0 Å². The van der Waals surface area contributed by atoms with Crippen LogP contribution in [0.3, 0.4) is 0 Å². The number of amides is 2. The molecule has 170 valence electrons. The number of benzene rings is 1. The van der Waals surface area contributed by atoms with E-state index in [0.717, 1.165) is 22.1 Å². The maximum absolute atomic E-state index is 14.9. The zero-order chi connectivity index (χ0) is 22.5. The van der Waals surface area contributed by atoms with Crippen LogP contribution in [-0.2, 0) is 19.1 Å². The van der Waals surface area contributed by atoms with Gasteiger partial charge in [0.15, 0.2) is 11.6 Å². The molecule has 3 N–H and O–H groups in total. The van der Waals surface area contributed by atoms with Crippen LogP contribution in [0.15, 0.2) is 12.1 Å². The van der Waals surface area contributed by atoms with E-state index in [1.807, 2.05) is 0 Å². The topological polar surface area (TPSA) is 110 Å². The fraction of sp³-hybridized carbons (Fsp3) is 0.500. The summed E-state index contributed by atoms with van der Waals surface area (Å²) in [6.07, 6.45) is -1.29. The van der Waals surface area contributed by atoms with Crippen LogP contribution >= 0.6 is 12.2 Å². The second kappa shape index (κ2) is 10.0. The zero-order valence-electron chi connectivity index (χ0n) is 16.8. The van der Waals surface area contributed by atoms with Crippen molar-refractivity contribution in [2.24, 2.45) is 5.73 Å². The van der Waals surface area contributed by atoms with Gasteiger partial charge in [-0.2, -0.15) is 0 Å². The monoisotopic (exact) mass is 459 g/mol. The number of hydrogen-bond acceptors (Lipinski definition) is 8. The highest BCUT2D eigenvalue weighted by atomic mass is 32.1. The molecule has 1 aromatic rings. The van der Waals surface area contributed by atoms with Gasteiger partial charge in [0.1, 0.15) is 11.8 Å². The Kier molecular flexibility index (Phi) is 7.41. The Balaban J connectivity index is 1.71. The van der Waals surface area contributed by atoms with E-state index in [-0.39, 0.29) is 62.4 Å². The van der Waals surface area contributed by atoms with Crippen molar-refractivity contribution in [2.45, 2.75) is 6.10 Å². The molecule has 1 aromatic carbocycles. The van der Waals surface area contributed by atoms with Gasteiger partial charge in [0.25, 0.3) is 11.1 Å². The fourth-order valence-electron chi connectivity index (χ4n) is 3.29. The molecule has 2 fully saturated rings. The van der Waals surface area contributed by atoms with Crippen LogP contribution in [0.5, 0.6) is 0 Å². The first-order valence-electron chi connectivity index (χ1n) is 9.51. The molecule has 3 rings (SSSR count). The fourth-order valence-corrected chi connectivity index (χ4v) is 3.37. The number of nitrogens with two attached hydrogens (primary N) is 1. The van der Waals surface area contributed by atoms with Crippen molar-refractivity contribution in [2.75, 3.05) is 62.8 Å². The molecule has 2 amide bonds. The highest BCUT2D eigenvalue weighted by Crippen LogP contribution is 2.31. The number of anilines is 2. The summed E-state index contributed by atoms with van der Waals surface area (Å²) < 4.78 is 39.8. The number of carbonyl (C=O) groups is 2. The molecule has 1 atom stereocenters. The smallest absolute Gasteiger partial charge is 0.414 e. The summed E-state index contributed by atoms with van der Waals surface area (Å²) in [5.41, 5.74) is 5.10. The molecule has 10 nitrogen and oxygen atoms in total. The first-order valence-corrected chi connectivity index (χ1v) is 9.92. The lowest BCUT2D eigenvalue weighted by Gasteiger charge is -2.24. The van der Waals surface area contributed by atoms with Gasteiger partial charge in [0.05, 0.1) is 45.6 Å². The Morgan fingerprint density at radius 3 is 2.68 bits per heavy atom. The Morgan fingerprint density at radius 1 is 1.32 bits per heavy atom. The number of methoxy groups -OCH3 is 1. The number of cyclic esters (lactones) is 1. The zero-order valence-corrected chi connectivity index (χ0v) is 17.6. The van der Waals surface area contributed by atoms with Gasteiger partial charge in [0, 0.05) is 25.2 Å². The minimum Gasteiger partial charge on any atom is -0.474 e. The van der Waals surface area contributed by atoms with Crippen LogP contribution in [-0.4, -0.2) is 81.3 Å². The lowest BCUT2D eigenvalue weighted by atomic mass is 10.2. The molecule has 2 aliphatic heterocycles. The van der Waals surface area contributed by atoms with E-state index in [2.05, 4.69) is 5.32 Å². The maximum Gasteiger partial charge on any atom is 0.414 e. The van der Waals surface area contributed by atoms with Crippen LogP contribution in [0.4, 0.5) is 25.0 Å². The van der Waals surface area contributed by atoms with Crippen molar-refractivity contribution in [3.8, 4) is 0 Å². The van der Waals surface area contributed by atoms with Crippen LogP contribution in [0.2, 0.25) is 0 Å². The van der Waals surface area contributed by atoms with E-state index in [9.17, 15) is 18.4 Å². The Hall–Kier alpha value is -2.77. The summed E-state index contributed by atoms with van der Waals surface area (Å²) in [5, 5.41) is 4.00. The number of nitrogens with zero attached hydrogens (tertiary/aromatic N) is 3. The van der Waals surface area contributed by atoms with E-state index in [0.29, 0.717) is 0 Å². The van der Waals surface area contributed by atoms with Gasteiger partial charge < -0.3 is 25.4 Å². The molecule has 2 aliphatic rings. The number of halogens is 2. The summed E-state index contributed by atoms with van der Waals surface area (Å²) in [4.78, 5) is 31.7. The van der Waals surface area contributed by atoms with E-state index in [1.165, 1.54) is 12.0 Å². The summed E-state index contributed by atoms with van der Waals surface area (Å²) in [5.74, 6) is -2.10. The van der Waals surface area contributed by atoms with Crippen LogP contribution in [0.25, 0.3) is 0 Å². The SMILES string of the molecule is COC(=S)NC[C@H]1CN(c2cc(F)c(N3CCON(C(=O)CN)CC3)c(F)c2)C(=O)O1. The third kappa shape index (κ3) is 5.29. The molecule has 0 aliphatic carbocycles.